The predicted molar refractivity (Wildman–Crippen MR) is 79.4 cm³/mol. The van der Waals surface area contributed by atoms with Crippen LogP contribution in [-0.4, -0.2) is 12.9 Å². The number of Topliss-reactive ketones (excluding diaryl/α,β-unsaturated/α-hetero) is 1. The molecule has 3 rings (SSSR count). The Hall–Kier alpha value is -2.09. The second kappa shape index (κ2) is 4.78. The van der Waals surface area contributed by atoms with E-state index in [0.717, 1.165) is 35.3 Å². The molecule has 0 bridgehead atoms. The Bertz CT molecular complexity index is 660. The number of hydrogen-bond donors (Lipinski definition) is 0. The van der Waals surface area contributed by atoms with Gasteiger partial charge in [-0.3, -0.25) is 4.79 Å². The second-order valence-electron chi connectivity index (χ2n) is 5.55. The highest BCUT2D eigenvalue weighted by Gasteiger charge is 2.39. The molecule has 0 N–H and O–H groups in total. The Morgan fingerprint density at radius 2 is 1.90 bits per heavy atom. The molecule has 0 saturated heterocycles. The van der Waals surface area contributed by atoms with Crippen LogP contribution >= 0.6 is 0 Å². The van der Waals surface area contributed by atoms with Crippen LogP contribution in [0.5, 0.6) is 5.75 Å². The summed E-state index contributed by atoms with van der Waals surface area (Å²) in [6.07, 6.45) is 1.78. The van der Waals surface area contributed by atoms with E-state index in [1.54, 1.807) is 7.11 Å². The van der Waals surface area contributed by atoms with Crippen molar-refractivity contribution in [1.29, 1.82) is 0 Å². The second-order valence-corrected chi connectivity index (χ2v) is 5.55. The minimum atomic E-state index is -0.455. The van der Waals surface area contributed by atoms with Crippen molar-refractivity contribution in [3.05, 3.63) is 65.2 Å². The van der Waals surface area contributed by atoms with Crippen molar-refractivity contribution in [2.24, 2.45) is 0 Å². The predicted octanol–water partition coefficient (Wildman–Crippen LogP) is 3.78. The van der Waals surface area contributed by atoms with Crippen LogP contribution in [0.4, 0.5) is 0 Å². The number of fused-ring (bicyclic) bond motifs is 1. The van der Waals surface area contributed by atoms with Crippen LogP contribution in [0.1, 0.15) is 34.8 Å². The van der Waals surface area contributed by atoms with E-state index in [4.69, 9.17) is 4.74 Å². The van der Waals surface area contributed by atoms with Gasteiger partial charge in [0.15, 0.2) is 5.78 Å². The molecule has 1 atom stereocenters. The average molecular weight is 266 g/mol. The summed E-state index contributed by atoms with van der Waals surface area (Å²) >= 11 is 0. The van der Waals surface area contributed by atoms with Gasteiger partial charge >= 0.3 is 0 Å². The van der Waals surface area contributed by atoms with E-state index in [2.05, 4.69) is 6.07 Å². The van der Waals surface area contributed by atoms with Gasteiger partial charge in [0.05, 0.1) is 12.5 Å². The van der Waals surface area contributed by atoms with Gasteiger partial charge in [-0.15, -0.1) is 0 Å². The van der Waals surface area contributed by atoms with E-state index < -0.39 is 5.41 Å². The normalized spacial score (nSPS) is 21.4. The molecule has 0 fully saturated rings. The Balaban J connectivity index is 2.07. The quantitative estimate of drug-likeness (QED) is 0.826. The molecular formula is C18H18O2. The summed E-state index contributed by atoms with van der Waals surface area (Å²) in [4.78, 5) is 12.9. The maximum Gasteiger partial charge on any atom is 0.173 e. The van der Waals surface area contributed by atoms with Crippen molar-refractivity contribution in [3.8, 4) is 5.75 Å². The first kappa shape index (κ1) is 12.9. The lowest BCUT2D eigenvalue weighted by Gasteiger charge is -2.34. The van der Waals surface area contributed by atoms with E-state index in [-0.39, 0.29) is 5.78 Å². The van der Waals surface area contributed by atoms with Crippen molar-refractivity contribution in [1.82, 2.24) is 0 Å². The first-order chi connectivity index (χ1) is 9.65. The van der Waals surface area contributed by atoms with Crippen LogP contribution in [0, 0.1) is 0 Å². The molecule has 2 nitrogen and oxygen atoms in total. The smallest absolute Gasteiger partial charge is 0.173 e. The van der Waals surface area contributed by atoms with Crippen molar-refractivity contribution in [3.63, 3.8) is 0 Å². The van der Waals surface area contributed by atoms with Gasteiger partial charge in [0, 0.05) is 5.56 Å². The van der Waals surface area contributed by atoms with Crippen LogP contribution in [0.3, 0.4) is 0 Å². The van der Waals surface area contributed by atoms with Gasteiger partial charge in [-0.25, -0.2) is 0 Å². The fourth-order valence-corrected chi connectivity index (χ4v) is 3.00. The van der Waals surface area contributed by atoms with Crippen LogP contribution in [0.2, 0.25) is 0 Å². The Morgan fingerprint density at radius 1 is 1.10 bits per heavy atom. The van der Waals surface area contributed by atoms with Crippen LogP contribution in [-0.2, 0) is 11.8 Å². The minimum Gasteiger partial charge on any atom is -0.497 e. The molecule has 0 amide bonds. The SMILES string of the molecule is COc1cccc(C2(C)CCc3ccccc3C2=O)c1. The van der Waals surface area contributed by atoms with Crippen molar-refractivity contribution in [2.45, 2.75) is 25.2 Å². The number of hydrogen-bond acceptors (Lipinski definition) is 2. The number of ether oxygens (including phenoxy) is 1. The maximum atomic E-state index is 12.9. The lowest BCUT2D eigenvalue weighted by molar-refractivity contribution is 0.0875. The number of rotatable bonds is 2. The highest BCUT2D eigenvalue weighted by Crippen LogP contribution is 2.39. The van der Waals surface area contributed by atoms with Crippen molar-refractivity contribution in [2.75, 3.05) is 7.11 Å². The molecule has 0 aromatic heterocycles. The molecule has 2 heteroatoms. The number of carbonyl (C=O) groups is 1. The van der Waals surface area contributed by atoms with Gasteiger partial charge in [0.1, 0.15) is 5.75 Å². The fraction of sp³-hybridized carbons (Fsp3) is 0.278. The molecule has 0 spiro atoms. The lowest BCUT2D eigenvalue weighted by atomic mass is 9.68. The summed E-state index contributed by atoms with van der Waals surface area (Å²) in [5.41, 5.74) is 2.61. The van der Waals surface area contributed by atoms with Crippen molar-refractivity contribution >= 4 is 5.78 Å². The molecule has 1 aliphatic rings. The van der Waals surface area contributed by atoms with Gasteiger partial charge < -0.3 is 4.74 Å². The minimum absolute atomic E-state index is 0.215. The summed E-state index contributed by atoms with van der Waals surface area (Å²) < 4.78 is 5.28. The molecule has 0 saturated carbocycles. The zero-order valence-corrected chi connectivity index (χ0v) is 11.8. The van der Waals surface area contributed by atoms with Crippen molar-refractivity contribution < 1.29 is 9.53 Å². The molecule has 1 aliphatic carbocycles. The highest BCUT2D eigenvalue weighted by atomic mass is 16.5. The number of methoxy groups -OCH3 is 1. The first-order valence-electron chi connectivity index (χ1n) is 6.92. The van der Waals surface area contributed by atoms with Crippen LogP contribution in [0.15, 0.2) is 48.5 Å². The van der Waals surface area contributed by atoms with E-state index in [0.29, 0.717) is 0 Å². The summed E-state index contributed by atoms with van der Waals surface area (Å²) in [6.45, 7) is 2.04. The van der Waals surface area contributed by atoms with Gasteiger partial charge in [-0.1, -0.05) is 36.4 Å². The Labute approximate surface area is 119 Å². The summed E-state index contributed by atoms with van der Waals surface area (Å²) in [5.74, 6) is 1.02. The molecule has 1 unspecified atom stereocenters. The van der Waals surface area contributed by atoms with Crippen LogP contribution < -0.4 is 4.74 Å². The largest absolute Gasteiger partial charge is 0.497 e. The van der Waals surface area contributed by atoms with Crippen LogP contribution in [0.25, 0.3) is 0 Å². The number of ketones is 1. The fourth-order valence-electron chi connectivity index (χ4n) is 3.00. The van der Waals surface area contributed by atoms with E-state index in [1.807, 2.05) is 49.4 Å². The number of carbonyl (C=O) groups excluding carboxylic acids is 1. The molecule has 2 aromatic rings. The Kier molecular flexibility index (Phi) is 3.09. The molecule has 2 aromatic carbocycles. The zero-order chi connectivity index (χ0) is 14.2. The van der Waals surface area contributed by atoms with Gasteiger partial charge in [-0.05, 0) is 43.0 Å². The summed E-state index contributed by atoms with van der Waals surface area (Å²) in [5, 5.41) is 0. The maximum absolute atomic E-state index is 12.9. The average Bonchev–Trinajstić information content (AvgIpc) is 2.51. The van der Waals surface area contributed by atoms with Gasteiger partial charge in [0.2, 0.25) is 0 Å². The monoisotopic (exact) mass is 266 g/mol. The van der Waals surface area contributed by atoms with Gasteiger partial charge in [0.25, 0.3) is 0 Å². The summed E-state index contributed by atoms with van der Waals surface area (Å²) in [6, 6.07) is 15.8. The van der Waals surface area contributed by atoms with Gasteiger partial charge in [-0.2, -0.15) is 0 Å². The lowest BCUT2D eigenvalue weighted by Crippen LogP contribution is -2.37. The third kappa shape index (κ3) is 1.92. The molecule has 102 valence electrons. The standard InChI is InChI=1S/C18H18O2/c1-18(14-7-5-8-15(12-14)20-2)11-10-13-6-3-4-9-16(13)17(18)19/h3-9,12H,10-11H2,1-2H3. The number of aryl methyl sites for hydroxylation is 1. The third-order valence-corrected chi connectivity index (χ3v) is 4.36. The summed E-state index contributed by atoms with van der Waals surface area (Å²) in [7, 11) is 1.65. The molecule has 20 heavy (non-hydrogen) atoms. The van der Waals surface area contributed by atoms with E-state index in [9.17, 15) is 4.79 Å². The molecule has 0 radical (unpaired) electrons. The van der Waals surface area contributed by atoms with E-state index in [1.165, 1.54) is 0 Å². The number of benzene rings is 2. The van der Waals surface area contributed by atoms with E-state index >= 15 is 0 Å². The zero-order valence-electron chi connectivity index (χ0n) is 11.8. The topological polar surface area (TPSA) is 26.3 Å². The molecule has 0 aliphatic heterocycles. The molecular weight excluding hydrogens is 248 g/mol. The molecule has 0 heterocycles. The Morgan fingerprint density at radius 3 is 2.70 bits per heavy atom. The third-order valence-electron chi connectivity index (χ3n) is 4.36. The highest BCUT2D eigenvalue weighted by molar-refractivity contribution is 6.06. The first-order valence-corrected chi connectivity index (χ1v) is 6.92.